The van der Waals surface area contributed by atoms with Crippen molar-refractivity contribution in [1.82, 2.24) is 9.55 Å². The van der Waals surface area contributed by atoms with Gasteiger partial charge in [-0.3, -0.25) is 4.57 Å². The molecule has 1 aromatic heterocycles. The van der Waals surface area contributed by atoms with Gasteiger partial charge in [-0.05, 0) is 55.8 Å². The van der Waals surface area contributed by atoms with Crippen LogP contribution in [0.3, 0.4) is 0 Å². The standard InChI is InChI=1S/C20H17Cl2F3N2O/c1-13-12-26-19(17-8-3-14(21)11-18(17)22)27(13)15-4-6-16(7-5-15)28-10-2-9-20(23,24)25/h3-8,11-12H,2,9-10H2,1H3. The first-order valence-corrected chi connectivity index (χ1v) is 9.30. The van der Waals surface area contributed by atoms with Gasteiger partial charge in [-0.2, -0.15) is 13.2 Å². The summed E-state index contributed by atoms with van der Waals surface area (Å²) in [4.78, 5) is 4.46. The first-order valence-electron chi connectivity index (χ1n) is 8.54. The molecule has 3 rings (SSSR count). The Hall–Kier alpha value is -2.18. The molecule has 0 radical (unpaired) electrons. The van der Waals surface area contributed by atoms with E-state index in [4.69, 9.17) is 27.9 Å². The monoisotopic (exact) mass is 428 g/mol. The van der Waals surface area contributed by atoms with Crippen molar-refractivity contribution < 1.29 is 17.9 Å². The Labute approximate surface area is 170 Å². The summed E-state index contributed by atoms with van der Waals surface area (Å²) in [5, 5.41) is 1.03. The van der Waals surface area contributed by atoms with Crippen molar-refractivity contribution in [2.45, 2.75) is 25.9 Å². The van der Waals surface area contributed by atoms with Gasteiger partial charge in [0.2, 0.25) is 0 Å². The van der Waals surface area contributed by atoms with Gasteiger partial charge in [0, 0.05) is 34.6 Å². The zero-order chi connectivity index (χ0) is 20.3. The van der Waals surface area contributed by atoms with Gasteiger partial charge in [-0.25, -0.2) is 4.98 Å². The quantitative estimate of drug-likeness (QED) is 0.400. The van der Waals surface area contributed by atoms with E-state index in [2.05, 4.69) is 4.98 Å². The molecule has 8 heteroatoms. The predicted octanol–water partition coefficient (Wildman–Crippen LogP) is 6.88. The molecule has 0 atom stereocenters. The molecule has 0 saturated heterocycles. The second-order valence-electron chi connectivity index (χ2n) is 6.24. The average molecular weight is 429 g/mol. The van der Waals surface area contributed by atoms with Gasteiger partial charge in [-0.15, -0.1) is 0 Å². The van der Waals surface area contributed by atoms with Gasteiger partial charge >= 0.3 is 6.18 Å². The first-order chi connectivity index (χ1) is 13.2. The minimum absolute atomic E-state index is 0.00852. The summed E-state index contributed by atoms with van der Waals surface area (Å²) in [5.41, 5.74) is 2.48. The van der Waals surface area contributed by atoms with Crippen LogP contribution in [0.2, 0.25) is 10.0 Å². The fourth-order valence-corrected chi connectivity index (χ4v) is 3.27. The van der Waals surface area contributed by atoms with Gasteiger partial charge in [0.05, 0.1) is 11.6 Å². The number of halogens is 5. The number of imidazole rings is 1. The smallest absolute Gasteiger partial charge is 0.389 e. The van der Waals surface area contributed by atoms with E-state index >= 15 is 0 Å². The van der Waals surface area contributed by atoms with Crippen molar-refractivity contribution in [3.63, 3.8) is 0 Å². The number of alkyl halides is 3. The maximum atomic E-state index is 12.2. The highest BCUT2D eigenvalue weighted by Crippen LogP contribution is 2.32. The predicted molar refractivity (Wildman–Crippen MR) is 105 cm³/mol. The summed E-state index contributed by atoms with van der Waals surface area (Å²) in [5.74, 6) is 1.17. The zero-order valence-electron chi connectivity index (χ0n) is 14.9. The summed E-state index contributed by atoms with van der Waals surface area (Å²) in [6, 6.07) is 12.3. The molecule has 28 heavy (non-hydrogen) atoms. The van der Waals surface area contributed by atoms with Gasteiger partial charge in [-0.1, -0.05) is 23.2 Å². The van der Waals surface area contributed by atoms with Crippen LogP contribution in [0.25, 0.3) is 17.1 Å². The lowest BCUT2D eigenvalue weighted by Gasteiger charge is -2.13. The van der Waals surface area contributed by atoms with Crippen molar-refractivity contribution in [3.05, 3.63) is 64.4 Å². The maximum absolute atomic E-state index is 12.2. The third-order valence-electron chi connectivity index (χ3n) is 4.08. The minimum atomic E-state index is -4.16. The van der Waals surface area contributed by atoms with Crippen LogP contribution in [-0.2, 0) is 0 Å². The molecule has 0 aliphatic heterocycles. The van der Waals surface area contributed by atoms with E-state index in [1.54, 1.807) is 36.5 Å². The molecule has 3 nitrogen and oxygen atoms in total. The number of aryl methyl sites for hydroxylation is 1. The van der Waals surface area contributed by atoms with Crippen LogP contribution < -0.4 is 4.74 Å². The van der Waals surface area contributed by atoms with E-state index in [-0.39, 0.29) is 13.0 Å². The van der Waals surface area contributed by atoms with Crippen LogP contribution in [0.4, 0.5) is 13.2 Å². The van der Waals surface area contributed by atoms with E-state index < -0.39 is 12.6 Å². The number of hydrogen-bond acceptors (Lipinski definition) is 2. The van der Waals surface area contributed by atoms with Crippen molar-refractivity contribution in [1.29, 1.82) is 0 Å². The molecule has 0 unspecified atom stereocenters. The summed E-state index contributed by atoms with van der Waals surface area (Å²) in [6.07, 6.45) is -3.36. The minimum Gasteiger partial charge on any atom is -0.494 e. The Bertz CT molecular complexity index is 953. The van der Waals surface area contributed by atoms with Crippen molar-refractivity contribution >= 4 is 23.2 Å². The van der Waals surface area contributed by atoms with Crippen molar-refractivity contribution in [2.24, 2.45) is 0 Å². The molecule has 0 saturated carbocycles. The molecule has 0 amide bonds. The Balaban J connectivity index is 1.78. The van der Waals surface area contributed by atoms with E-state index in [9.17, 15) is 13.2 Å². The van der Waals surface area contributed by atoms with E-state index in [1.807, 2.05) is 23.6 Å². The van der Waals surface area contributed by atoms with E-state index in [0.29, 0.717) is 21.6 Å². The highest BCUT2D eigenvalue weighted by molar-refractivity contribution is 6.36. The van der Waals surface area contributed by atoms with Crippen LogP contribution in [0, 0.1) is 6.92 Å². The third-order valence-corrected chi connectivity index (χ3v) is 4.63. The normalized spacial score (nSPS) is 11.6. The lowest BCUT2D eigenvalue weighted by molar-refractivity contribution is -0.136. The fraction of sp³-hybridized carbons (Fsp3) is 0.250. The molecular formula is C20H17Cl2F3N2O. The SMILES string of the molecule is Cc1cnc(-c2ccc(Cl)cc2Cl)n1-c1ccc(OCCCC(F)(F)F)cc1. The molecule has 0 spiro atoms. The fourth-order valence-electron chi connectivity index (χ4n) is 2.78. The largest absolute Gasteiger partial charge is 0.494 e. The lowest BCUT2D eigenvalue weighted by atomic mass is 10.2. The highest BCUT2D eigenvalue weighted by atomic mass is 35.5. The van der Waals surface area contributed by atoms with Crippen LogP contribution >= 0.6 is 23.2 Å². The molecule has 0 N–H and O–H groups in total. The molecule has 3 aromatic rings. The topological polar surface area (TPSA) is 27.1 Å². The van der Waals surface area contributed by atoms with Crippen LogP contribution in [-0.4, -0.2) is 22.3 Å². The molecule has 0 fully saturated rings. The Kier molecular flexibility index (Phi) is 6.20. The number of rotatable bonds is 6. The lowest BCUT2D eigenvalue weighted by Crippen LogP contribution is -2.09. The summed E-state index contributed by atoms with van der Waals surface area (Å²) >= 11 is 12.3. The first kappa shape index (κ1) is 20.6. The number of benzene rings is 2. The maximum Gasteiger partial charge on any atom is 0.389 e. The van der Waals surface area contributed by atoms with Crippen molar-refractivity contribution in [3.8, 4) is 22.8 Å². The molecular weight excluding hydrogens is 412 g/mol. The highest BCUT2D eigenvalue weighted by Gasteiger charge is 2.26. The summed E-state index contributed by atoms with van der Waals surface area (Å²) in [6.45, 7) is 1.93. The number of aromatic nitrogens is 2. The average Bonchev–Trinajstić information content (AvgIpc) is 3.00. The Morgan fingerprint density at radius 2 is 1.79 bits per heavy atom. The van der Waals surface area contributed by atoms with Gasteiger partial charge in [0.25, 0.3) is 0 Å². The van der Waals surface area contributed by atoms with Crippen molar-refractivity contribution in [2.75, 3.05) is 6.61 Å². The Morgan fingerprint density at radius 3 is 2.43 bits per heavy atom. The molecule has 148 valence electrons. The van der Waals surface area contributed by atoms with E-state index in [1.165, 1.54) is 0 Å². The molecule has 0 aliphatic rings. The molecule has 1 heterocycles. The van der Waals surface area contributed by atoms with Gasteiger partial charge in [0.15, 0.2) is 0 Å². The summed E-state index contributed by atoms with van der Waals surface area (Å²) in [7, 11) is 0. The van der Waals surface area contributed by atoms with Crippen LogP contribution in [0.5, 0.6) is 5.75 Å². The third kappa shape index (κ3) is 5.00. The second kappa shape index (κ2) is 8.45. The molecule has 0 bridgehead atoms. The number of hydrogen-bond donors (Lipinski definition) is 0. The van der Waals surface area contributed by atoms with Gasteiger partial charge in [0.1, 0.15) is 11.6 Å². The molecule has 2 aromatic carbocycles. The van der Waals surface area contributed by atoms with Crippen LogP contribution in [0.15, 0.2) is 48.7 Å². The van der Waals surface area contributed by atoms with Gasteiger partial charge < -0.3 is 4.74 Å². The zero-order valence-corrected chi connectivity index (χ0v) is 16.4. The molecule has 0 aliphatic carbocycles. The Morgan fingerprint density at radius 1 is 1.07 bits per heavy atom. The van der Waals surface area contributed by atoms with E-state index in [0.717, 1.165) is 16.9 Å². The summed E-state index contributed by atoms with van der Waals surface area (Å²) < 4.78 is 43.9. The second-order valence-corrected chi connectivity index (χ2v) is 7.09. The van der Waals surface area contributed by atoms with Crippen LogP contribution in [0.1, 0.15) is 18.5 Å². The number of ether oxygens (including phenoxy) is 1. The number of nitrogens with zero attached hydrogens (tertiary/aromatic N) is 2.